The van der Waals surface area contributed by atoms with Gasteiger partial charge in [-0.15, -0.1) is 11.3 Å². The van der Waals surface area contributed by atoms with Gasteiger partial charge in [-0.2, -0.15) is 4.31 Å². The van der Waals surface area contributed by atoms with Crippen LogP contribution in [-0.2, 0) is 16.6 Å². The third kappa shape index (κ3) is 4.66. The van der Waals surface area contributed by atoms with Gasteiger partial charge in [-0.1, -0.05) is 37.3 Å². The quantitative estimate of drug-likeness (QED) is 0.439. The minimum absolute atomic E-state index is 0.160. The standard InChI is InChI=1S/C23H21N3O3S2/c1-2-26(15-17-6-4-3-5-7-17)31(28,29)20-11-8-18(9-12-20)23(27)25-19-10-13-21-22(14-19)30-16-24-21/h3-14,16H,2,15H2,1H3,(H,25,27). The number of hydrogen-bond donors (Lipinski definition) is 1. The molecule has 1 heterocycles. The number of benzene rings is 3. The van der Waals surface area contributed by atoms with E-state index in [1.54, 1.807) is 11.6 Å². The van der Waals surface area contributed by atoms with Crippen LogP contribution in [0.15, 0.2) is 83.2 Å². The van der Waals surface area contributed by atoms with E-state index in [-0.39, 0.29) is 10.8 Å². The summed E-state index contributed by atoms with van der Waals surface area (Å²) in [5.41, 5.74) is 4.61. The van der Waals surface area contributed by atoms with Gasteiger partial charge in [-0.3, -0.25) is 4.79 Å². The van der Waals surface area contributed by atoms with Gasteiger partial charge in [0.2, 0.25) is 10.0 Å². The molecule has 1 aromatic heterocycles. The first kappa shape index (κ1) is 21.2. The maximum Gasteiger partial charge on any atom is 0.255 e. The van der Waals surface area contributed by atoms with Crippen LogP contribution in [0.25, 0.3) is 10.2 Å². The van der Waals surface area contributed by atoms with Crippen molar-refractivity contribution >= 4 is 43.2 Å². The maximum absolute atomic E-state index is 13.1. The summed E-state index contributed by atoms with van der Waals surface area (Å²) in [4.78, 5) is 17.0. The van der Waals surface area contributed by atoms with Crippen LogP contribution in [-0.4, -0.2) is 30.2 Å². The highest BCUT2D eigenvalue weighted by atomic mass is 32.2. The Balaban J connectivity index is 1.49. The number of aromatic nitrogens is 1. The third-order valence-corrected chi connectivity index (χ3v) is 7.62. The molecule has 0 bridgehead atoms. The Kier molecular flexibility index (Phi) is 6.13. The maximum atomic E-state index is 13.1. The highest BCUT2D eigenvalue weighted by Crippen LogP contribution is 2.23. The lowest BCUT2D eigenvalue weighted by Crippen LogP contribution is -2.30. The molecule has 0 saturated heterocycles. The number of sulfonamides is 1. The number of hydrogen-bond acceptors (Lipinski definition) is 5. The molecule has 0 atom stereocenters. The first-order chi connectivity index (χ1) is 15.0. The second-order valence-corrected chi connectivity index (χ2v) is 9.75. The number of amides is 1. The second-order valence-electron chi connectivity index (χ2n) is 6.93. The molecule has 0 aliphatic heterocycles. The first-order valence-corrected chi connectivity index (χ1v) is 12.1. The molecule has 4 aromatic rings. The Morgan fingerprint density at radius 2 is 1.77 bits per heavy atom. The molecule has 31 heavy (non-hydrogen) atoms. The van der Waals surface area contributed by atoms with Crippen LogP contribution < -0.4 is 5.32 Å². The van der Waals surface area contributed by atoms with Crippen molar-refractivity contribution in [2.75, 3.05) is 11.9 Å². The second kappa shape index (κ2) is 8.97. The predicted molar refractivity (Wildman–Crippen MR) is 124 cm³/mol. The van der Waals surface area contributed by atoms with Gasteiger partial charge >= 0.3 is 0 Å². The molecule has 1 amide bonds. The zero-order valence-electron chi connectivity index (χ0n) is 16.9. The van der Waals surface area contributed by atoms with Crippen molar-refractivity contribution in [3.63, 3.8) is 0 Å². The van der Waals surface area contributed by atoms with Gasteiger partial charge in [-0.05, 0) is 48.0 Å². The average Bonchev–Trinajstić information content (AvgIpc) is 3.26. The van der Waals surface area contributed by atoms with E-state index in [1.165, 1.54) is 39.9 Å². The van der Waals surface area contributed by atoms with Crippen molar-refractivity contribution in [2.45, 2.75) is 18.4 Å². The van der Waals surface area contributed by atoms with E-state index < -0.39 is 10.0 Å². The average molecular weight is 452 g/mol. The van der Waals surface area contributed by atoms with Crippen molar-refractivity contribution in [3.8, 4) is 0 Å². The summed E-state index contributed by atoms with van der Waals surface area (Å²) in [5.74, 6) is -0.301. The lowest BCUT2D eigenvalue weighted by molar-refractivity contribution is 0.102. The number of nitrogens with one attached hydrogen (secondary N) is 1. The van der Waals surface area contributed by atoms with Gasteiger partial charge in [-0.25, -0.2) is 13.4 Å². The molecule has 0 saturated carbocycles. The summed E-state index contributed by atoms with van der Waals surface area (Å²) in [5, 5.41) is 2.85. The van der Waals surface area contributed by atoms with Crippen LogP contribution in [0.4, 0.5) is 5.69 Å². The van der Waals surface area contributed by atoms with Gasteiger partial charge in [0.05, 0.1) is 20.6 Å². The first-order valence-electron chi connectivity index (χ1n) is 9.76. The van der Waals surface area contributed by atoms with Gasteiger partial charge in [0.1, 0.15) is 0 Å². The van der Waals surface area contributed by atoms with Gasteiger partial charge < -0.3 is 5.32 Å². The number of anilines is 1. The third-order valence-electron chi connectivity index (χ3n) is 4.90. The van der Waals surface area contributed by atoms with E-state index in [1.807, 2.05) is 49.4 Å². The van der Waals surface area contributed by atoms with E-state index in [9.17, 15) is 13.2 Å². The fraction of sp³-hybridized carbons (Fsp3) is 0.130. The van der Waals surface area contributed by atoms with Crippen molar-refractivity contribution < 1.29 is 13.2 Å². The van der Waals surface area contributed by atoms with Crippen LogP contribution in [0.3, 0.4) is 0 Å². The number of fused-ring (bicyclic) bond motifs is 1. The minimum atomic E-state index is -3.67. The van der Waals surface area contributed by atoms with Crippen LogP contribution in [0.1, 0.15) is 22.8 Å². The minimum Gasteiger partial charge on any atom is -0.322 e. The fourth-order valence-electron chi connectivity index (χ4n) is 3.22. The summed E-state index contributed by atoms with van der Waals surface area (Å²) >= 11 is 1.50. The van der Waals surface area contributed by atoms with Gasteiger partial charge in [0.25, 0.3) is 5.91 Å². The van der Waals surface area contributed by atoms with Crippen LogP contribution in [0.5, 0.6) is 0 Å². The van der Waals surface area contributed by atoms with Gasteiger partial charge in [0.15, 0.2) is 0 Å². The van der Waals surface area contributed by atoms with Gasteiger partial charge in [0, 0.05) is 24.3 Å². The van der Waals surface area contributed by atoms with Crippen LogP contribution in [0.2, 0.25) is 0 Å². The molecule has 0 unspecified atom stereocenters. The largest absolute Gasteiger partial charge is 0.322 e. The molecule has 6 nitrogen and oxygen atoms in total. The Labute approximate surface area is 185 Å². The summed E-state index contributed by atoms with van der Waals surface area (Å²) < 4.78 is 28.5. The summed E-state index contributed by atoms with van der Waals surface area (Å²) in [7, 11) is -3.67. The Morgan fingerprint density at radius 3 is 2.48 bits per heavy atom. The molecule has 8 heteroatoms. The van der Waals surface area contributed by atoms with E-state index in [0.717, 1.165) is 15.8 Å². The normalized spacial score (nSPS) is 11.7. The number of thiazole rings is 1. The molecule has 0 spiro atoms. The lowest BCUT2D eigenvalue weighted by Gasteiger charge is -2.20. The molecule has 0 aliphatic carbocycles. The zero-order valence-corrected chi connectivity index (χ0v) is 18.5. The molecular weight excluding hydrogens is 430 g/mol. The zero-order chi connectivity index (χ0) is 21.8. The highest BCUT2D eigenvalue weighted by Gasteiger charge is 2.23. The van der Waals surface area contributed by atoms with Crippen molar-refractivity contribution in [3.05, 3.63) is 89.4 Å². The van der Waals surface area contributed by atoms with E-state index in [0.29, 0.717) is 24.3 Å². The van der Waals surface area contributed by atoms with Crippen molar-refractivity contribution in [2.24, 2.45) is 0 Å². The number of nitrogens with zero attached hydrogens (tertiary/aromatic N) is 2. The fourth-order valence-corrected chi connectivity index (χ4v) is 5.37. The molecule has 3 aromatic carbocycles. The van der Waals surface area contributed by atoms with Crippen molar-refractivity contribution in [1.29, 1.82) is 0 Å². The Hall–Kier alpha value is -3.07. The molecule has 158 valence electrons. The lowest BCUT2D eigenvalue weighted by atomic mass is 10.2. The van der Waals surface area contributed by atoms with Crippen LogP contribution >= 0.6 is 11.3 Å². The highest BCUT2D eigenvalue weighted by molar-refractivity contribution is 7.89. The Bertz CT molecular complexity index is 1300. The summed E-state index contributed by atoms with van der Waals surface area (Å²) in [6, 6.07) is 21.0. The monoisotopic (exact) mass is 451 g/mol. The molecule has 0 fully saturated rings. The van der Waals surface area contributed by atoms with E-state index in [2.05, 4.69) is 10.3 Å². The SMILES string of the molecule is CCN(Cc1ccccc1)S(=O)(=O)c1ccc(C(=O)Nc2ccc3ncsc3c2)cc1. The summed E-state index contributed by atoms with van der Waals surface area (Å²) in [6.07, 6.45) is 0. The molecule has 0 radical (unpaired) electrons. The molecule has 0 aliphatic rings. The predicted octanol–water partition coefficient (Wildman–Crippen LogP) is 4.76. The molecular formula is C23H21N3O3S2. The van der Waals surface area contributed by atoms with E-state index in [4.69, 9.17) is 0 Å². The number of carbonyl (C=O) groups excluding carboxylic acids is 1. The molecule has 4 rings (SSSR count). The number of rotatable bonds is 7. The number of carbonyl (C=O) groups is 1. The van der Waals surface area contributed by atoms with Crippen molar-refractivity contribution in [1.82, 2.24) is 9.29 Å². The molecule has 1 N–H and O–H groups in total. The summed E-state index contributed by atoms with van der Waals surface area (Å²) in [6.45, 7) is 2.45. The Morgan fingerprint density at radius 1 is 1.03 bits per heavy atom. The van der Waals surface area contributed by atoms with E-state index >= 15 is 0 Å². The topological polar surface area (TPSA) is 79.4 Å². The smallest absolute Gasteiger partial charge is 0.255 e. The van der Waals surface area contributed by atoms with Crippen LogP contribution in [0, 0.1) is 0 Å².